The quantitative estimate of drug-likeness (QED) is 0.813. The maximum Gasteiger partial charge on any atom is 0.146 e. The molecule has 1 fully saturated rings. The van der Waals surface area contributed by atoms with Gasteiger partial charge in [-0.25, -0.2) is 4.39 Å². The van der Waals surface area contributed by atoms with Crippen molar-refractivity contribution in [1.82, 2.24) is 4.98 Å². The zero-order valence-corrected chi connectivity index (χ0v) is 10.8. The summed E-state index contributed by atoms with van der Waals surface area (Å²) in [6.45, 7) is 6.62. The van der Waals surface area contributed by atoms with Crippen molar-refractivity contribution >= 4 is 0 Å². The van der Waals surface area contributed by atoms with E-state index in [4.69, 9.17) is 5.73 Å². The van der Waals surface area contributed by atoms with Crippen LogP contribution in [0.3, 0.4) is 0 Å². The van der Waals surface area contributed by atoms with E-state index >= 15 is 0 Å². The predicted octanol–water partition coefficient (Wildman–Crippen LogP) is 3.22. The first kappa shape index (κ1) is 12.5. The first-order chi connectivity index (χ1) is 7.82. The number of rotatable bonds is 1. The average Bonchev–Trinajstić information content (AvgIpc) is 2.13. The number of pyridine rings is 1. The number of halogens is 1. The molecule has 1 saturated carbocycles. The molecule has 0 aliphatic heterocycles. The smallest absolute Gasteiger partial charge is 0.146 e. The van der Waals surface area contributed by atoms with Crippen LogP contribution in [0, 0.1) is 17.2 Å². The van der Waals surface area contributed by atoms with Crippen LogP contribution in [-0.4, -0.2) is 4.98 Å². The largest absolute Gasteiger partial charge is 0.321 e. The predicted molar refractivity (Wildman–Crippen MR) is 66.9 cm³/mol. The van der Waals surface area contributed by atoms with Crippen LogP contribution in [0.4, 0.5) is 4.39 Å². The van der Waals surface area contributed by atoms with Crippen LogP contribution in [-0.2, 0) is 5.54 Å². The zero-order chi connectivity index (χ0) is 12.7. The molecule has 0 radical (unpaired) electrons. The highest BCUT2D eigenvalue weighted by atomic mass is 19.1. The zero-order valence-electron chi connectivity index (χ0n) is 10.8. The van der Waals surface area contributed by atoms with Crippen molar-refractivity contribution < 1.29 is 4.39 Å². The third-order valence-corrected chi connectivity index (χ3v) is 3.72. The average molecular weight is 236 g/mol. The van der Waals surface area contributed by atoms with Crippen molar-refractivity contribution in [2.45, 2.75) is 45.6 Å². The lowest BCUT2D eigenvalue weighted by atomic mass is 9.62. The van der Waals surface area contributed by atoms with Crippen LogP contribution >= 0.6 is 0 Å². The summed E-state index contributed by atoms with van der Waals surface area (Å²) in [5.41, 5.74) is 6.72. The molecule has 3 heteroatoms. The minimum atomic E-state index is -0.547. The standard InChI is InChI=1S/C14H21FN2/c1-10-6-13(2,3)9-14(16,7-10)11-4-5-17-8-12(11)15/h4-5,8,10H,6-7,9,16H2,1-3H3. The van der Waals surface area contributed by atoms with Gasteiger partial charge in [0.15, 0.2) is 0 Å². The fourth-order valence-corrected chi connectivity index (χ4v) is 3.62. The fraction of sp³-hybridized carbons (Fsp3) is 0.643. The Morgan fingerprint density at radius 3 is 2.71 bits per heavy atom. The van der Waals surface area contributed by atoms with Crippen LogP contribution in [0.25, 0.3) is 0 Å². The van der Waals surface area contributed by atoms with E-state index in [1.807, 2.05) is 0 Å². The second-order valence-corrected chi connectivity index (χ2v) is 6.37. The van der Waals surface area contributed by atoms with E-state index in [0.29, 0.717) is 11.5 Å². The highest BCUT2D eigenvalue weighted by molar-refractivity contribution is 5.24. The van der Waals surface area contributed by atoms with E-state index in [0.717, 1.165) is 19.3 Å². The molecule has 0 bridgehead atoms. The van der Waals surface area contributed by atoms with Crippen molar-refractivity contribution in [1.29, 1.82) is 0 Å². The summed E-state index contributed by atoms with van der Waals surface area (Å²) < 4.78 is 13.9. The number of nitrogens with zero attached hydrogens (tertiary/aromatic N) is 1. The van der Waals surface area contributed by atoms with Crippen LogP contribution in [0.2, 0.25) is 0 Å². The summed E-state index contributed by atoms with van der Waals surface area (Å²) in [6.07, 6.45) is 5.71. The van der Waals surface area contributed by atoms with Crippen LogP contribution in [0.5, 0.6) is 0 Å². The molecule has 1 aliphatic carbocycles. The van der Waals surface area contributed by atoms with Gasteiger partial charge in [-0.15, -0.1) is 0 Å². The highest BCUT2D eigenvalue weighted by Crippen LogP contribution is 2.47. The second-order valence-electron chi connectivity index (χ2n) is 6.37. The molecule has 2 N–H and O–H groups in total. The summed E-state index contributed by atoms with van der Waals surface area (Å²) >= 11 is 0. The van der Waals surface area contributed by atoms with E-state index in [2.05, 4.69) is 25.8 Å². The molecule has 2 unspecified atom stereocenters. The molecule has 94 valence electrons. The van der Waals surface area contributed by atoms with Gasteiger partial charge in [0.2, 0.25) is 0 Å². The van der Waals surface area contributed by atoms with Gasteiger partial charge in [0.25, 0.3) is 0 Å². The SMILES string of the molecule is CC1CC(C)(C)CC(N)(c2ccncc2F)C1. The van der Waals surface area contributed by atoms with Crippen molar-refractivity contribution in [3.05, 3.63) is 29.8 Å². The molecular weight excluding hydrogens is 215 g/mol. The van der Waals surface area contributed by atoms with Gasteiger partial charge in [0, 0.05) is 17.3 Å². The van der Waals surface area contributed by atoms with Crippen molar-refractivity contribution in [2.75, 3.05) is 0 Å². The fourth-order valence-electron chi connectivity index (χ4n) is 3.62. The van der Waals surface area contributed by atoms with Gasteiger partial charge in [-0.05, 0) is 36.7 Å². The maximum atomic E-state index is 13.9. The van der Waals surface area contributed by atoms with Gasteiger partial charge < -0.3 is 5.73 Å². The van der Waals surface area contributed by atoms with E-state index in [1.165, 1.54) is 6.20 Å². The van der Waals surface area contributed by atoms with E-state index in [9.17, 15) is 4.39 Å². The van der Waals surface area contributed by atoms with Crippen molar-refractivity contribution in [2.24, 2.45) is 17.1 Å². The first-order valence-electron chi connectivity index (χ1n) is 6.21. The second kappa shape index (κ2) is 4.05. The van der Waals surface area contributed by atoms with Crippen molar-refractivity contribution in [3.63, 3.8) is 0 Å². The highest BCUT2D eigenvalue weighted by Gasteiger charge is 2.42. The molecule has 2 atom stereocenters. The van der Waals surface area contributed by atoms with Gasteiger partial charge >= 0.3 is 0 Å². The summed E-state index contributed by atoms with van der Waals surface area (Å²) in [5.74, 6) is 0.246. The molecule has 0 spiro atoms. The van der Waals surface area contributed by atoms with Gasteiger partial charge in [0.05, 0.1) is 6.20 Å². The normalized spacial score (nSPS) is 32.4. The minimum absolute atomic E-state index is 0.169. The van der Waals surface area contributed by atoms with Gasteiger partial charge in [-0.2, -0.15) is 0 Å². The minimum Gasteiger partial charge on any atom is -0.321 e. The Bertz CT molecular complexity index is 416. The Morgan fingerprint density at radius 1 is 1.41 bits per heavy atom. The van der Waals surface area contributed by atoms with E-state index in [1.54, 1.807) is 12.3 Å². The third-order valence-electron chi connectivity index (χ3n) is 3.72. The van der Waals surface area contributed by atoms with Gasteiger partial charge in [-0.3, -0.25) is 4.98 Å². The van der Waals surface area contributed by atoms with Gasteiger partial charge in [0.1, 0.15) is 5.82 Å². The van der Waals surface area contributed by atoms with Crippen molar-refractivity contribution in [3.8, 4) is 0 Å². The molecule has 1 aromatic rings. The number of hydrogen-bond donors (Lipinski definition) is 1. The number of nitrogens with two attached hydrogens (primary N) is 1. The van der Waals surface area contributed by atoms with Gasteiger partial charge in [-0.1, -0.05) is 20.8 Å². The lowest BCUT2D eigenvalue weighted by molar-refractivity contribution is 0.105. The topological polar surface area (TPSA) is 38.9 Å². The Morgan fingerprint density at radius 2 is 2.12 bits per heavy atom. The molecule has 0 saturated heterocycles. The monoisotopic (exact) mass is 236 g/mol. The van der Waals surface area contributed by atoms with Crippen LogP contribution in [0.15, 0.2) is 18.5 Å². The molecular formula is C14H21FN2. The summed E-state index contributed by atoms with van der Waals surface area (Å²) in [6, 6.07) is 1.73. The summed E-state index contributed by atoms with van der Waals surface area (Å²) in [7, 11) is 0. The molecule has 2 rings (SSSR count). The number of hydrogen-bond acceptors (Lipinski definition) is 2. The van der Waals surface area contributed by atoms with Crippen LogP contribution < -0.4 is 5.73 Å². The first-order valence-corrected chi connectivity index (χ1v) is 6.21. The van der Waals surface area contributed by atoms with Crippen LogP contribution in [0.1, 0.15) is 45.6 Å². The Kier molecular flexibility index (Phi) is 2.98. The molecule has 0 amide bonds. The molecule has 1 heterocycles. The third kappa shape index (κ3) is 2.49. The van der Waals surface area contributed by atoms with E-state index < -0.39 is 5.54 Å². The summed E-state index contributed by atoms with van der Waals surface area (Å²) in [4.78, 5) is 3.80. The Balaban J connectivity index is 2.39. The maximum absolute atomic E-state index is 13.9. The molecule has 0 aromatic carbocycles. The molecule has 1 aliphatic rings. The molecule has 1 aromatic heterocycles. The molecule has 2 nitrogen and oxygen atoms in total. The van der Waals surface area contributed by atoms with E-state index in [-0.39, 0.29) is 11.2 Å². The Hall–Kier alpha value is -0.960. The molecule has 17 heavy (non-hydrogen) atoms. The summed E-state index contributed by atoms with van der Waals surface area (Å²) in [5, 5.41) is 0. The number of aromatic nitrogens is 1. The Labute approximate surface area is 102 Å². The lowest BCUT2D eigenvalue weighted by Gasteiger charge is -2.46. The lowest BCUT2D eigenvalue weighted by Crippen LogP contribution is -2.47.